The molecule has 0 bridgehead atoms. The number of rotatable bonds is 4. The summed E-state index contributed by atoms with van der Waals surface area (Å²) in [5.74, 6) is -1.42. The molecule has 1 unspecified atom stereocenters. The first-order valence-corrected chi connectivity index (χ1v) is 7.57. The van der Waals surface area contributed by atoms with Crippen LogP contribution in [0.3, 0.4) is 0 Å². The highest BCUT2D eigenvalue weighted by molar-refractivity contribution is 7.85. The van der Waals surface area contributed by atoms with Crippen molar-refractivity contribution in [2.24, 2.45) is 0 Å². The highest BCUT2D eigenvalue weighted by Gasteiger charge is 2.14. The van der Waals surface area contributed by atoms with Gasteiger partial charge in [-0.3, -0.25) is 9.00 Å². The lowest BCUT2D eigenvalue weighted by Gasteiger charge is -2.07. The summed E-state index contributed by atoms with van der Waals surface area (Å²) < 4.78 is 25.6. The summed E-state index contributed by atoms with van der Waals surface area (Å²) in [6.07, 6.45) is 0. The molecule has 0 saturated carbocycles. The third-order valence-electron chi connectivity index (χ3n) is 2.80. The van der Waals surface area contributed by atoms with Crippen molar-refractivity contribution in [2.45, 2.75) is 11.8 Å². The molecule has 1 amide bonds. The lowest BCUT2D eigenvalue weighted by Crippen LogP contribution is -2.20. The molecule has 0 aliphatic carbocycles. The van der Waals surface area contributed by atoms with E-state index in [0.717, 1.165) is 11.6 Å². The smallest absolute Gasteiger partial charge is 0.237 e. The molecule has 0 aliphatic heterocycles. The Bertz CT molecular complexity index is 687. The number of hydrogen-bond acceptors (Lipinski definition) is 3. The quantitative estimate of drug-likeness (QED) is 0.852. The molecule has 110 valence electrons. The van der Waals surface area contributed by atoms with E-state index in [2.05, 4.69) is 5.32 Å². The summed E-state index contributed by atoms with van der Waals surface area (Å²) in [5, 5.41) is 2.62. The monoisotopic (exact) mass is 306 g/mol. The second-order valence-corrected chi connectivity index (χ2v) is 6.01. The van der Waals surface area contributed by atoms with Gasteiger partial charge in [0.15, 0.2) is 0 Å². The highest BCUT2D eigenvalue weighted by Crippen LogP contribution is 2.16. The van der Waals surface area contributed by atoms with E-state index in [-0.39, 0.29) is 16.3 Å². The van der Waals surface area contributed by atoms with Crippen LogP contribution in [0.4, 0.5) is 15.8 Å². The van der Waals surface area contributed by atoms with Crippen LogP contribution < -0.4 is 11.1 Å². The van der Waals surface area contributed by atoms with Crippen molar-refractivity contribution in [1.29, 1.82) is 0 Å². The number of aryl methyl sites for hydroxylation is 1. The summed E-state index contributed by atoms with van der Waals surface area (Å²) >= 11 is 0. The van der Waals surface area contributed by atoms with Crippen LogP contribution in [-0.4, -0.2) is 15.9 Å². The lowest BCUT2D eigenvalue weighted by molar-refractivity contribution is -0.113. The Morgan fingerprint density at radius 1 is 1.24 bits per heavy atom. The normalized spacial score (nSPS) is 11.9. The molecule has 0 fully saturated rings. The summed E-state index contributed by atoms with van der Waals surface area (Å²) in [6, 6.07) is 11.1. The largest absolute Gasteiger partial charge is 0.399 e. The van der Waals surface area contributed by atoms with Crippen LogP contribution in [0.1, 0.15) is 5.56 Å². The zero-order valence-corrected chi connectivity index (χ0v) is 12.2. The molecule has 3 N–H and O–H groups in total. The Morgan fingerprint density at radius 3 is 2.52 bits per heavy atom. The van der Waals surface area contributed by atoms with Crippen LogP contribution in [0.2, 0.25) is 0 Å². The third kappa shape index (κ3) is 4.13. The van der Waals surface area contributed by atoms with Gasteiger partial charge in [-0.25, -0.2) is 4.39 Å². The number of nitrogens with two attached hydrogens (primary N) is 1. The van der Waals surface area contributed by atoms with E-state index in [1.807, 2.05) is 19.1 Å². The van der Waals surface area contributed by atoms with Crippen LogP contribution in [0.15, 0.2) is 47.4 Å². The number of amides is 1. The number of anilines is 2. The molecule has 4 nitrogen and oxygen atoms in total. The molecular formula is C15H15FN2O2S. The van der Waals surface area contributed by atoms with E-state index in [1.165, 1.54) is 12.1 Å². The van der Waals surface area contributed by atoms with Gasteiger partial charge in [0.05, 0.1) is 15.7 Å². The van der Waals surface area contributed by atoms with Crippen LogP contribution in [0.25, 0.3) is 0 Å². The second-order valence-electron chi connectivity index (χ2n) is 4.59. The zero-order valence-electron chi connectivity index (χ0n) is 11.4. The molecule has 0 aromatic heterocycles. The fourth-order valence-corrected chi connectivity index (χ4v) is 2.69. The lowest BCUT2D eigenvalue weighted by atomic mass is 10.2. The van der Waals surface area contributed by atoms with Gasteiger partial charge in [-0.05, 0) is 37.3 Å². The van der Waals surface area contributed by atoms with Crippen molar-refractivity contribution in [3.63, 3.8) is 0 Å². The maximum Gasteiger partial charge on any atom is 0.237 e. The highest BCUT2D eigenvalue weighted by atomic mass is 32.2. The molecule has 0 aliphatic rings. The topological polar surface area (TPSA) is 72.2 Å². The minimum atomic E-state index is -1.75. The molecule has 0 heterocycles. The second kappa shape index (κ2) is 6.49. The number of benzene rings is 2. The average Bonchev–Trinajstić information content (AvgIpc) is 2.41. The van der Waals surface area contributed by atoms with Gasteiger partial charge in [-0.1, -0.05) is 17.7 Å². The first kappa shape index (κ1) is 15.2. The summed E-state index contributed by atoms with van der Waals surface area (Å²) in [7, 11) is -1.75. The number of nitrogens with one attached hydrogen (secondary N) is 1. The number of carbonyl (C=O) groups is 1. The van der Waals surface area contributed by atoms with Crippen LogP contribution in [0.5, 0.6) is 0 Å². The predicted molar refractivity (Wildman–Crippen MR) is 81.9 cm³/mol. The first-order valence-electron chi connectivity index (χ1n) is 6.25. The maximum absolute atomic E-state index is 13.6. The number of nitrogen functional groups attached to an aromatic ring is 1. The molecule has 1 atom stereocenters. The fourth-order valence-electron chi connectivity index (χ4n) is 1.73. The fraction of sp³-hybridized carbons (Fsp3) is 0.133. The van der Waals surface area contributed by atoms with E-state index < -0.39 is 22.5 Å². The van der Waals surface area contributed by atoms with Gasteiger partial charge >= 0.3 is 0 Å². The molecule has 2 aromatic rings. The van der Waals surface area contributed by atoms with Crippen molar-refractivity contribution in [1.82, 2.24) is 0 Å². The Morgan fingerprint density at radius 2 is 1.90 bits per heavy atom. The predicted octanol–water partition coefficient (Wildman–Crippen LogP) is 2.46. The van der Waals surface area contributed by atoms with E-state index in [1.54, 1.807) is 12.1 Å². The van der Waals surface area contributed by atoms with Crippen LogP contribution >= 0.6 is 0 Å². The van der Waals surface area contributed by atoms with Crippen molar-refractivity contribution in [3.05, 3.63) is 53.8 Å². The summed E-state index contributed by atoms with van der Waals surface area (Å²) in [4.78, 5) is 11.8. The van der Waals surface area contributed by atoms with E-state index in [4.69, 9.17) is 5.73 Å². The first-order chi connectivity index (χ1) is 9.95. The molecule has 0 saturated heterocycles. The third-order valence-corrected chi connectivity index (χ3v) is 4.14. The van der Waals surface area contributed by atoms with Gasteiger partial charge in [-0.15, -0.1) is 0 Å². The molecule has 21 heavy (non-hydrogen) atoms. The Balaban J connectivity index is 2.02. The van der Waals surface area contributed by atoms with Gasteiger partial charge in [0.1, 0.15) is 11.6 Å². The SMILES string of the molecule is Cc1ccc(NC(=O)CS(=O)c2ccc(N)cc2F)cc1. The van der Waals surface area contributed by atoms with Gasteiger partial charge in [0.2, 0.25) is 5.91 Å². The number of carbonyl (C=O) groups excluding carboxylic acids is 1. The minimum absolute atomic E-state index is 0.0248. The maximum atomic E-state index is 13.6. The summed E-state index contributed by atoms with van der Waals surface area (Å²) in [5.41, 5.74) is 7.35. The molecule has 6 heteroatoms. The standard InChI is InChI=1S/C15H15FN2O2S/c1-10-2-5-12(6-3-10)18-15(19)9-21(20)14-7-4-11(17)8-13(14)16/h2-8H,9,17H2,1H3,(H,18,19). The average molecular weight is 306 g/mol. The van der Waals surface area contributed by atoms with Crippen molar-refractivity contribution >= 4 is 28.1 Å². The van der Waals surface area contributed by atoms with Crippen molar-refractivity contribution in [2.75, 3.05) is 16.8 Å². The van der Waals surface area contributed by atoms with Crippen LogP contribution in [-0.2, 0) is 15.6 Å². The molecule has 2 aromatic carbocycles. The van der Waals surface area contributed by atoms with Gasteiger partial charge < -0.3 is 11.1 Å². The minimum Gasteiger partial charge on any atom is -0.399 e. The number of hydrogen-bond donors (Lipinski definition) is 2. The Labute approximate surface area is 124 Å². The van der Waals surface area contributed by atoms with Gasteiger partial charge in [0.25, 0.3) is 0 Å². The number of halogens is 1. The van der Waals surface area contributed by atoms with Crippen molar-refractivity contribution in [3.8, 4) is 0 Å². The van der Waals surface area contributed by atoms with Crippen molar-refractivity contribution < 1.29 is 13.4 Å². The molecular weight excluding hydrogens is 291 g/mol. The van der Waals surface area contributed by atoms with Gasteiger partial charge in [-0.2, -0.15) is 0 Å². The Hall–Kier alpha value is -2.21. The molecule has 0 radical (unpaired) electrons. The van der Waals surface area contributed by atoms with Crippen LogP contribution in [0, 0.1) is 12.7 Å². The zero-order chi connectivity index (χ0) is 15.4. The molecule has 0 spiro atoms. The van der Waals surface area contributed by atoms with E-state index >= 15 is 0 Å². The summed E-state index contributed by atoms with van der Waals surface area (Å²) in [6.45, 7) is 1.94. The van der Waals surface area contributed by atoms with E-state index in [9.17, 15) is 13.4 Å². The Kier molecular flexibility index (Phi) is 4.70. The van der Waals surface area contributed by atoms with Gasteiger partial charge in [0, 0.05) is 11.4 Å². The molecule has 2 rings (SSSR count). The van der Waals surface area contributed by atoms with E-state index in [0.29, 0.717) is 5.69 Å².